The van der Waals surface area contributed by atoms with Gasteiger partial charge in [-0.05, 0) is 29.8 Å². The van der Waals surface area contributed by atoms with Crippen LogP contribution in [0, 0.1) is 0 Å². The van der Waals surface area contributed by atoms with Crippen molar-refractivity contribution in [3.05, 3.63) is 59.5 Å². The van der Waals surface area contributed by atoms with Crippen molar-refractivity contribution in [2.45, 2.75) is 13.1 Å². The summed E-state index contributed by atoms with van der Waals surface area (Å²) in [4.78, 5) is 11.2. The van der Waals surface area contributed by atoms with Gasteiger partial charge in [0.05, 0.1) is 25.5 Å². The van der Waals surface area contributed by atoms with Gasteiger partial charge in [-0.3, -0.25) is 0 Å². The Labute approximate surface area is 106 Å². The number of furan rings is 1. The van der Waals surface area contributed by atoms with Gasteiger partial charge in [0.25, 0.3) is 0 Å². The van der Waals surface area contributed by atoms with Crippen molar-refractivity contribution >= 4 is 5.97 Å². The highest BCUT2D eigenvalue weighted by molar-refractivity contribution is 5.89. The van der Waals surface area contributed by atoms with Crippen LogP contribution in [-0.4, -0.2) is 13.1 Å². The highest BCUT2D eigenvalue weighted by atomic mass is 16.5. The van der Waals surface area contributed by atoms with Crippen LogP contribution in [0.3, 0.4) is 0 Å². The number of benzene rings is 1. The lowest BCUT2D eigenvalue weighted by Gasteiger charge is -2.04. The number of methoxy groups -OCH3 is 1. The Bertz CT molecular complexity index is 488. The monoisotopic (exact) mass is 245 g/mol. The predicted octanol–water partition coefficient (Wildman–Crippen LogP) is 2.36. The first-order chi connectivity index (χ1) is 8.79. The smallest absolute Gasteiger partial charge is 0.337 e. The molecule has 0 bridgehead atoms. The number of rotatable bonds is 5. The summed E-state index contributed by atoms with van der Waals surface area (Å²) in [5.41, 5.74) is 1.67. The summed E-state index contributed by atoms with van der Waals surface area (Å²) < 4.78 is 9.85. The SMILES string of the molecule is COC(=O)c1ccc(CNCc2ccco2)cc1. The molecule has 0 spiro atoms. The molecule has 2 rings (SSSR count). The van der Waals surface area contributed by atoms with Gasteiger partial charge in [0.15, 0.2) is 0 Å². The third-order valence-electron chi connectivity index (χ3n) is 2.58. The standard InChI is InChI=1S/C14H15NO3/c1-17-14(16)12-6-4-11(5-7-12)9-15-10-13-3-2-8-18-13/h2-8,15H,9-10H2,1H3. The summed E-state index contributed by atoms with van der Waals surface area (Å²) in [7, 11) is 1.38. The molecule has 0 aliphatic heterocycles. The molecule has 0 saturated carbocycles. The van der Waals surface area contributed by atoms with Gasteiger partial charge in [0.1, 0.15) is 5.76 Å². The first kappa shape index (κ1) is 12.4. The van der Waals surface area contributed by atoms with Crippen LogP contribution in [0.25, 0.3) is 0 Å². The molecule has 0 fully saturated rings. The second-order valence-electron chi connectivity index (χ2n) is 3.87. The van der Waals surface area contributed by atoms with E-state index in [2.05, 4.69) is 10.1 Å². The Kier molecular flexibility index (Phi) is 4.15. The fourth-order valence-corrected chi connectivity index (χ4v) is 1.62. The molecule has 4 heteroatoms. The Balaban J connectivity index is 1.85. The minimum absolute atomic E-state index is 0.315. The third-order valence-corrected chi connectivity index (χ3v) is 2.58. The largest absolute Gasteiger partial charge is 0.468 e. The Morgan fingerprint density at radius 1 is 1.22 bits per heavy atom. The lowest BCUT2D eigenvalue weighted by molar-refractivity contribution is 0.0600. The van der Waals surface area contributed by atoms with E-state index in [1.807, 2.05) is 24.3 Å². The summed E-state index contributed by atoms with van der Waals surface area (Å²) in [6.45, 7) is 1.41. The highest BCUT2D eigenvalue weighted by Gasteiger charge is 2.04. The average molecular weight is 245 g/mol. The summed E-state index contributed by atoms with van der Waals surface area (Å²) >= 11 is 0. The molecule has 0 atom stereocenters. The fourth-order valence-electron chi connectivity index (χ4n) is 1.62. The molecule has 1 N–H and O–H groups in total. The molecule has 0 radical (unpaired) electrons. The molecule has 0 amide bonds. The molecule has 1 aromatic heterocycles. The molecule has 0 aliphatic carbocycles. The maximum Gasteiger partial charge on any atom is 0.337 e. The van der Waals surface area contributed by atoms with Crippen molar-refractivity contribution in [3.63, 3.8) is 0 Å². The van der Waals surface area contributed by atoms with Gasteiger partial charge in [-0.25, -0.2) is 4.79 Å². The van der Waals surface area contributed by atoms with E-state index < -0.39 is 0 Å². The predicted molar refractivity (Wildman–Crippen MR) is 67.0 cm³/mol. The van der Waals surface area contributed by atoms with Gasteiger partial charge in [-0.15, -0.1) is 0 Å². The molecule has 2 aromatic rings. The van der Waals surface area contributed by atoms with Crippen LogP contribution in [0.15, 0.2) is 47.1 Å². The van der Waals surface area contributed by atoms with Gasteiger partial charge in [-0.1, -0.05) is 12.1 Å². The molecule has 0 aliphatic rings. The van der Waals surface area contributed by atoms with Crippen molar-refractivity contribution in [3.8, 4) is 0 Å². The van der Waals surface area contributed by atoms with Crippen molar-refractivity contribution in [1.29, 1.82) is 0 Å². The second kappa shape index (κ2) is 6.02. The zero-order valence-corrected chi connectivity index (χ0v) is 10.2. The van der Waals surface area contributed by atoms with E-state index in [4.69, 9.17) is 4.42 Å². The van der Waals surface area contributed by atoms with Gasteiger partial charge < -0.3 is 14.5 Å². The van der Waals surface area contributed by atoms with Crippen molar-refractivity contribution < 1.29 is 13.9 Å². The van der Waals surface area contributed by atoms with Gasteiger partial charge in [0.2, 0.25) is 0 Å². The minimum atomic E-state index is -0.315. The number of esters is 1. The maximum atomic E-state index is 11.2. The number of hydrogen-bond acceptors (Lipinski definition) is 4. The lowest BCUT2D eigenvalue weighted by atomic mass is 10.1. The van der Waals surface area contributed by atoms with Crippen LogP contribution < -0.4 is 5.32 Å². The molecule has 1 aromatic carbocycles. The highest BCUT2D eigenvalue weighted by Crippen LogP contribution is 2.06. The van der Waals surface area contributed by atoms with E-state index in [1.54, 1.807) is 18.4 Å². The van der Waals surface area contributed by atoms with Crippen molar-refractivity contribution in [2.24, 2.45) is 0 Å². The molecule has 1 heterocycles. The molecular weight excluding hydrogens is 230 g/mol. The van der Waals surface area contributed by atoms with E-state index in [0.29, 0.717) is 12.1 Å². The molecule has 94 valence electrons. The Morgan fingerprint density at radius 2 is 2.00 bits per heavy atom. The topological polar surface area (TPSA) is 51.5 Å². The number of ether oxygens (including phenoxy) is 1. The Hall–Kier alpha value is -2.07. The van der Waals surface area contributed by atoms with Gasteiger partial charge in [0, 0.05) is 6.54 Å². The molecule has 0 unspecified atom stereocenters. The maximum absolute atomic E-state index is 11.2. The summed E-state index contributed by atoms with van der Waals surface area (Å²) in [6.07, 6.45) is 1.65. The average Bonchev–Trinajstić information content (AvgIpc) is 2.92. The summed E-state index contributed by atoms with van der Waals surface area (Å²) in [5, 5.41) is 3.26. The first-order valence-corrected chi connectivity index (χ1v) is 5.70. The number of nitrogens with one attached hydrogen (secondary N) is 1. The van der Waals surface area contributed by atoms with Crippen LogP contribution in [0.2, 0.25) is 0 Å². The Morgan fingerprint density at radius 3 is 2.61 bits per heavy atom. The van der Waals surface area contributed by atoms with E-state index in [-0.39, 0.29) is 5.97 Å². The summed E-state index contributed by atoms with van der Waals surface area (Å²) in [6, 6.07) is 11.1. The zero-order valence-electron chi connectivity index (χ0n) is 10.2. The van der Waals surface area contributed by atoms with Crippen LogP contribution in [0.1, 0.15) is 21.7 Å². The number of hydrogen-bond donors (Lipinski definition) is 1. The quantitative estimate of drug-likeness (QED) is 0.821. The van der Waals surface area contributed by atoms with Crippen LogP contribution in [0.5, 0.6) is 0 Å². The molecule has 18 heavy (non-hydrogen) atoms. The van der Waals surface area contributed by atoms with Crippen molar-refractivity contribution in [2.75, 3.05) is 7.11 Å². The van der Waals surface area contributed by atoms with Crippen LogP contribution in [0.4, 0.5) is 0 Å². The molecular formula is C14H15NO3. The fraction of sp³-hybridized carbons (Fsp3) is 0.214. The van der Waals surface area contributed by atoms with E-state index >= 15 is 0 Å². The minimum Gasteiger partial charge on any atom is -0.468 e. The second-order valence-corrected chi connectivity index (χ2v) is 3.87. The summed E-state index contributed by atoms with van der Waals surface area (Å²) in [5.74, 6) is 0.589. The number of carbonyl (C=O) groups excluding carboxylic acids is 1. The van der Waals surface area contributed by atoms with E-state index in [1.165, 1.54) is 7.11 Å². The zero-order chi connectivity index (χ0) is 12.8. The third kappa shape index (κ3) is 3.21. The first-order valence-electron chi connectivity index (χ1n) is 5.70. The van der Waals surface area contributed by atoms with Crippen LogP contribution in [-0.2, 0) is 17.8 Å². The molecule has 4 nitrogen and oxygen atoms in total. The van der Waals surface area contributed by atoms with Gasteiger partial charge in [-0.2, -0.15) is 0 Å². The van der Waals surface area contributed by atoms with Crippen molar-refractivity contribution in [1.82, 2.24) is 5.32 Å². The van der Waals surface area contributed by atoms with Gasteiger partial charge >= 0.3 is 5.97 Å². The lowest BCUT2D eigenvalue weighted by Crippen LogP contribution is -2.12. The van der Waals surface area contributed by atoms with E-state index in [9.17, 15) is 4.79 Å². The number of carbonyl (C=O) groups is 1. The molecule has 0 saturated heterocycles. The van der Waals surface area contributed by atoms with Crippen LogP contribution >= 0.6 is 0 Å². The van der Waals surface area contributed by atoms with E-state index in [0.717, 1.165) is 17.9 Å². The normalized spacial score (nSPS) is 10.3.